The number of H-pyrrole nitrogens is 1. The van der Waals surface area contributed by atoms with Crippen molar-refractivity contribution >= 4 is 21.6 Å². The summed E-state index contributed by atoms with van der Waals surface area (Å²) in [6, 6.07) is 3.63. The van der Waals surface area contributed by atoms with Gasteiger partial charge in [0.15, 0.2) is 11.5 Å². The summed E-state index contributed by atoms with van der Waals surface area (Å²) in [6.45, 7) is 0. The Kier molecular flexibility index (Phi) is 3.72. The smallest absolute Gasteiger partial charge is 0.260 e. The van der Waals surface area contributed by atoms with Crippen LogP contribution in [0.25, 0.3) is 21.3 Å². The van der Waals surface area contributed by atoms with Crippen LogP contribution in [0.15, 0.2) is 28.6 Å². The lowest BCUT2D eigenvalue weighted by Gasteiger charge is -2.13. The van der Waals surface area contributed by atoms with Gasteiger partial charge in [0.1, 0.15) is 4.83 Å². The Hall–Kier alpha value is -2.54. The van der Waals surface area contributed by atoms with E-state index in [0.29, 0.717) is 27.5 Å². The molecular formula is C15H14N2O4S. The van der Waals surface area contributed by atoms with Crippen molar-refractivity contribution in [1.29, 1.82) is 0 Å². The zero-order valence-electron chi connectivity index (χ0n) is 12.3. The van der Waals surface area contributed by atoms with Gasteiger partial charge in [-0.05, 0) is 17.7 Å². The SMILES string of the molecule is COc1cc(-c2csc3nc[nH]c(=O)c23)cc(OC)c1OC. The molecule has 0 fully saturated rings. The van der Waals surface area contributed by atoms with Crippen LogP contribution in [-0.4, -0.2) is 31.3 Å². The molecule has 6 nitrogen and oxygen atoms in total. The maximum atomic E-state index is 12.1. The van der Waals surface area contributed by atoms with Crippen molar-refractivity contribution in [3.05, 3.63) is 34.2 Å². The summed E-state index contributed by atoms with van der Waals surface area (Å²) >= 11 is 1.42. The topological polar surface area (TPSA) is 73.4 Å². The second-order valence-corrected chi connectivity index (χ2v) is 5.33. The van der Waals surface area contributed by atoms with Gasteiger partial charge in [-0.1, -0.05) is 0 Å². The number of hydrogen-bond donors (Lipinski definition) is 1. The molecule has 0 amide bonds. The predicted octanol–water partition coefficient (Wildman–Crippen LogP) is 2.68. The molecule has 0 aliphatic heterocycles. The van der Waals surface area contributed by atoms with E-state index in [0.717, 1.165) is 11.1 Å². The zero-order valence-corrected chi connectivity index (χ0v) is 13.1. The minimum atomic E-state index is -0.171. The lowest BCUT2D eigenvalue weighted by molar-refractivity contribution is 0.324. The number of methoxy groups -OCH3 is 3. The first-order valence-corrected chi connectivity index (χ1v) is 7.32. The maximum absolute atomic E-state index is 12.1. The summed E-state index contributed by atoms with van der Waals surface area (Å²) in [5, 5.41) is 2.45. The lowest BCUT2D eigenvalue weighted by Crippen LogP contribution is -2.05. The minimum Gasteiger partial charge on any atom is -0.493 e. The molecule has 0 radical (unpaired) electrons. The summed E-state index contributed by atoms with van der Waals surface area (Å²) in [5.74, 6) is 1.59. The number of fused-ring (bicyclic) bond motifs is 1. The third-order valence-corrected chi connectivity index (χ3v) is 4.24. The number of rotatable bonds is 4. The van der Waals surface area contributed by atoms with Crippen molar-refractivity contribution in [1.82, 2.24) is 9.97 Å². The van der Waals surface area contributed by atoms with Crippen molar-refractivity contribution in [2.45, 2.75) is 0 Å². The fourth-order valence-corrected chi connectivity index (χ4v) is 3.25. The number of benzene rings is 1. The third kappa shape index (κ3) is 2.19. The van der Waals surface area contributed by atoms with Crippen LogP contribution in [0.3, 0.4) is 0 Å². The molecule has 1 N–H and O–H groups in total. The van der Waals surface area contributed by atoms with Crippen LogP contribution >= 0.6 is 11.3 Å². The van der Waals surface area contributed by atoms with Gasteiger partial charge in [0, 0.05) is 10.9 Å². The molecule has 0 aliphatic rings. The molecule has 0 aliphatic carbocycles. The van der Waals surface area contributed by atoms with Gasteiger partial charge in [0.25, 0.3) is 5.56 Å². The molecule has 22 heavy (non-hydrogen) atoms. The van der Waals surface area contributed by atoms with E-state index in [1.807, 2.05) is 17.5 Å². The van der Waals surface area contributed by atoms with Crippen LogP contribution in [0.4, 0.5) is 0 Å². The Morgan fingerprint density at radius 1 is 1.09 bits per heavy atom. The standard InChI is InChI=1S/C15H14N2O4S/c1-19-10-4-8(5-11(20-2)13(10)21-3)9-6-22-15-12(9)14(18)16-7-17-15/h4-7H,1-3H3,(H,16,17,18). The van der Waals surface area contributed by atoms with Gasteiger partial charge in [-0.2, -0.15) is 0 Å². The number of nitrogens with zero attached hydrogens (tertiary/aromatic N) is 1. The van der Waals surface area contributed by atoms with E-state index in [1.165, 1.54) is 17.7 Å². The highest BCUT2D eigenvalue weighted by Gasteiger charge is 2.17. The Morgan fingerprint density at radius 3 is 2.36 bits per heavy atom. The average molecular weight is 318 g/mol. The largest absolute Gasteiger partial charge is 0.493 e. The van der Waals surface area contributed by atoms with Crippen LogP contribution in [0.5, 0.6) is 17.2 Å². The first-order valence-electron chi connectivity index (χ1n) is 6.44. The molecule has 2 heterocycles. The quantitative estimate of drug-likeness (QED) is 0.800. The van der Waals surface area contributed by atoms with E-state index in [9.17, 15) is 4.79 Å². The average Bonchev–Trinajstić information content (AvgIpc) is 2.98. The molecule has 0 spiro atoms. The van der Waals surface area contributed by atoms with Crippen molar-refractivity contribution in [2.24, 2.45) is 0 Å². The summed E-state index contributed by atoms with van der Waals surface area (Å²) in [6.07, 6.45) is 1.40. The summed E-state index contributed by atoms with van der Waals surface area (Å²) < 4.78 is 16.0. The Morgan fingerprint density at radius 2 is 1.77 bits per heavy atom. The van der Waals surface area contributed by atoms with Gasteiger partial charge in [0.2, 0.25) is 5.75 Å². The minimum absolute atomic E-state index is 0.171. The van der Waals surface area contributed by atoms with Crippen LogP contribution in [-0.2, 0) is 0 Å². The van der Waals surface area contributed by atoms with E-state index in [-0.39, 0.29) is 5.56 Å². The van der Waals surface area contributed by atoms with Gasteiger partial charge in [0.05, 0.1) is 33.0 Å². The molecule has 0 saturated heterocycles. The zero-order chi connectivity index (χ0) is 15.7. The van der Waals surface area contributed by atoms with Crippen molar-refractivity contribution in [3.8, 4) is 28.4 Å². The van der Waals surface area contributed by atoms with E-state index in [4.69, 9.17) is 14.2 Å². The van der Waals surface area contributed by atoms with E-state index < -0.39 is 0 Å². The monoisotopic (exact) mass is 318 g/mol. The Balaban J connectivity index is 2.29. The highest BCUT2D eigenvalue weighted by molar-refractivity contribution is 7.17. The number of thiophene rings is 1. The first-order chi connectivity index (χ1) is 10.7. The van der Waals surface area contributed by atoms with E-state index in [1.54, 1.807) is 21.3 Å². The second kappa shape index (κ2) is 5.69. The lowest BCUT2D eigenvalue weighted by atomic mass is 10.1. The molecule has 0 bridgehead atoms. The Labute approximate surface area is 130 Å². The predicted molar refractivity (Wildman–Crippen MR) is 85.3 cm³/mol. The highest BCUT2D eigenvalue weighted by atomic mass is 32.1. The molecule has 7 heteroatoms. The molecule has 0 saturated carbocycles. The number of aromatic nitrogens is 2. The van der Waals surface area contributed by atoms with Gasteiger partial charge < -0.3 is 19.2 Å². The summed E-state index contributed by atoms with van der Waals surface area (Å²) in [5.41, 5.74) is 1.42. The number of ether oxygens (including phenoxy) is 3. The molecule has 1 aromatic carbocycles. The van der Waals surface area contributed by atoms with Crippen LogP contribution in [0, 0.1) is 0 Å². The van der Waals surface area contributed by atoms with Gasteiger partial charge in [-0.3, -0.25) is 4.79 Å². The molecule has 0 unspecified atom stereocenters. The number of nitrogens with one attached hydrogen (secondary N) is 1. The van der Waals surface area contributed by atoms with Gasteiger partial charge >= 0.3 is 0 Å². The molecule has 3 aromatic rings. The van der Waals surface area contributed by atoms with Crippen LogP contribution in [0.1, 0.15) is 0 Å². The highest BCUT2D eigenvalue weighted by Crippen LogP contribution is 2.42. The number of hydrogen-bond acceptors (Lipinski definition) is 6. The van der Waals surface area contributed by atoms with Gasteiger partial charge in [-0.15, -0.1) is 11.3 Å². The van der Waals surface area contributed by atoms with E-state index >= 15 is 0 Å². The Bertz CT molecular complexity index is 860. The third-order valence-electron chi connectivity index (χ3n) is 3.35. The fraction of sp³-hybridized carbons (Fsp3) is 0.200. The van der Waals surface area contributed by atoms with E-state index in [2.05, 4.69) is 9.97 Å². The van der Waals surface area contributed by atoms with Gasteiger partial charge in [-0.25, -0.2) is 4.98 Å². The molecular weight excluding hydrogens is 304 g/mol. The molecule has 2 aromatic heterocycles. The van der Waals surface area contributed by atoms with Crippen molar-refractivity contribution in [2.75, 3.05) is 21.3 Å². The molecule has 0 atom stereocenters. The summed E-state index contributed by atoms with van der Waals surface area (Å²) in [4.78, 5) is 19.6. The second-order valence-electron chi connectivity index (χ2n) is 4.48. The maximum Gasteiger partial charge on any atom is 0.260 e. The van der Waals surface area contributed by atoms with Crippen LogP contribution < -0.4 is 19.8 Å². The first kappa shape index (κ1) is 14.4. The molecule has 3 rings (SSSR count). The normalized spacial score (nSPS) is 10.7. The molecule has 114 valence electrons. The van der Waals surface area contributed by atoms with Crippen molar-refractivity contribution in [3.63, 3.8) is 0 Å². The van der Waals surface area contributed by atoms with Crippen LogP contribution in [0.2, 0.25) is 0 Å². The number of aromatic amines is 1. The summed E-state index contributed by atoms with van der Waals surface area (Å²) in [7, 11) is 4.66. The fourth-order valence-electron chi connectivity index (χ4n) is 2.33. The van der Waals surface area contributed by atoms with Crippen molar-refractivity contribution < 1.29 is 14.2 Å².